The molecule has 0 heterocycles. The van der Waals surface area contributed by atoms with Crippen LogP contribution in [0.2, 0.25) is 0 Å². The van der Waals surface area contributed by atoms with Gasteiger partial charge in [-0.2, -0.15) is 0 Å². The van der Waals surface area contributed by atoms with Crippen LogP contribution in [0.5, 0.6) is 0 Å². The van der Waals surface area contributed by atoms with Gasteiger partial charge in [-0.05, 0) is 17.4 Å². The number of nitrogens with zero attached hydrogens (tertiary/aromatic N) is 1. The lowest BCUT2D eigenvalue weighted by Gasteiger charge is -2.28. The molecule has 23 heavy (non-hydrogen) atoms. The largest absolute Gasteiger partial charge is 0.511 e. The first-order valence-electron chi connectivity index (χ1n) is 7.90. The second-order valence-corrected chi connectivity index (χ2v) is 6.71. The highest BCUT2D eigenvalue weighted by molar-refractivity contribution is 6.22. The average molecular weight is 313 g/mol. The highest BCUT2D eigenvalue weighted by Crippen LogP contribution is 2.34. The smallest absolute Gasteiger partial charge is 0.170 e. The first-order chi connectivity index (χ1) is 10.9. The minimum atomic E-state index is -0.318. The molecular formula is C19H23NO3. The molecule has 2 rings (SSSR count). The third kappa shape index (κ3) is 4.88. The Morgan fingerprint density at radius 3 is 2.39 bits per heavy atom. The first kappa shape index (κ1) is 17.1. The van der Waals surface area contributed by atoms with Gasteiger partial charge in [-0.15, -0.1) is 0 Å². The Hall–Kier alpha value is -2.23. The zero-order chi connectivity index (χ0) is 16.9. The van der Waals surface area contributed by atoms with Gasteiger partial charge in [0, 0.05) is 32.0 Å². The Labute approximate surface area is 136 Å². The van der Waals surface area contributed by atoms with E-state index in [0.717, 1.165) is 6.42 Å². The molecule has 122 valence electrons. The molecule has 0 aromatic heterocycles. The lowest BCUT2D eigenvalue weighted by atomic mass is 9.73. The van der Waals surface area contributed by atoms with Crippen LogP contribution < -0.4 is 0 Å². The molecule has 1 fully saturated rings. The highest BCUT2D eigenvalue weighted by atomic mass is 16.3. The van der Waals surface area contributed by atoms with Crippen molar-refractivity contribution in [2.75, 3.05) is 6.54 Å². The van der Waals surface area contributed by atoms with E-state index in [1.165, 1.54) is 5.56 Å². The topological polar surface area (TPSA) is 66.7 Å². The molecule has 0 atom stereocenters. The van der Waals surface area contributed by atoms with Crippen LogP contribution >= 0.6 is 0 Å². The van der Waals surface area contributed by atoms with Gasteiger partial charge < -0.3 is 5.11 Å². The van der Waals surface area contributed by atoms with Gasteiger partial charge in [-0.25, -0.2) is 0 Å². The van der Waals surface area contributed by atoms with E-state index in [4.69, 9.17) is 0 Å². The molecule has 0 amide bonds. The van der Waals surface area contributed by atoms with Crippen LogP contribution in [0.3, 0.4) is 0 Å². The highest BCUT2D eigenvalue weighted by Gasteiger charge is 2.37. The molecule has 1 aromatic rings. The Bertz CT molecular complexity index is 620. The van der Waals surface area contributed by atoms with Gasteiger partial charge in [-0.1, -0.05) is 44.2 Å². The molecule has 1 aromatic carbocycles. The van der Waals surface area contributed by atoms with Gasteiger partial charge in [-0.3, -0.25) is 14.6 Å². The van der Waals surface area contributed by atoms with Crippen molar-refractivity contribution in [3.8, 4) is 0 Å². The minimum absolute atomic E-state index is 0.0289. The predicted octanol–water partition coefficient (Wildman–Crippen LogP) is 3.46. The lowest BCUT2D eigenvalue weighted by Crippen LogP contribution is -2.32. The van der Waals surface area contributed by atoms with Crippen LogP contribution in [0.15, 0.2) is 46.7 Å². The number of hydrogen-bond donors (Lipinski definition) is 1. The summed E-state index contributed by atoms with van der Waals surface area (Å²) in [6, 6.07) is 10.0. The van der Waals surface area contributed by atoms with Crippen molar-refractivity contribution >= 4 is 17.8 Å². The van der Waals surface area contributed by atoms with E-state index in [1.807, 2.05) is 44.2 Å². The summed E-state index contributed by atoms with van der Waals surface area (Å²) in [5.74, 6) is -0.679. The molecule has 0 unspecified atom stereocenters. The summed E-state index contributed by atoms with van der Waals surface area (Å²) in [7, 11) is 0. The van der Waals surface area contributed by atoms with Crippen LogP contribution in [-0.4, -0.2) is 29.4 Å². The number of aliphatic imine (C=N–C) groups is 1. The van der Waals surface area contributed by atoms with Crippen LogP contribution in [-0.2, 0) is 16.0 Å². The van der Waals surface area contributed by atoms with E-state index in [0.29, 0.717) is 19.4 Å². The maximum Gasteiger partial charge on any atom is 0.170 e. The maximum atomic E-state index is 12.1. The minimum Gasteiger partial charge on any atom is -0.511 e. The summed E-state index contributed by atoms with van der Waals surface area (Å²) in [4.78, 5) is 28.3. The summed E-state index contributed by atoms with van der Waals surface area (Å²) in [5, 5.41) is 10.0. The SMILES string of the molecule is CC1(C)CC(=O)C(=C(O)CC=NCCc2ccccc2)C(=O)C1. The Kier molecular flexibility index (Phi) is 5.48. The summed E-state index contributed by atoms with van der Waals surface area (Å²) in [6.45, 7) is 4.39. The summed E-state index contributed by atoms with van der Waals surface area (Å²) in [5.41, 5.74) is 0.854. The summed E-state index contributed by atoms with van der Waals surface area (Å²) in [6.07, 6.45) is 3.11. The second kappa shape index (κ2) is 7.36. The van der Waals surface area contributed by atoms with E-state index in [-0.39, 0.29) is 34.7 Å². The predicted molar refractivity (Wildman–Crippen MR) is 90.8 cm³/mol. The van der Waals surface area contributed by atoms with Crippen molar-refractivity contribution in [2.24, 2.45) is 10.4 Å². The fourth-order valence-corrected chi connectivity index (χ4v) is 2.77. The number of ketones is 2. The first-order valence-corrected chi connectivity index (χ1v) is 7.90. The standard InChI is InChI=1S/C19H23NO3/c1-19(2)12-16(22)18(17(23)13-19)15(21)9-11-20-10-8-14-6-4-3-5-7-14/h3-7,11,21H,8-10,12-13H2,1-2H3. The zero-order valence-corrected chi connectivity index (χ0v) is 13.7. The number of aliphatic hydroxyl groups is 1. The molecule has 4 heteroatoms. The Balaban J connectivity index is 1.90. The molecule has 1 N–H and O–H groups in total. The molecule has 1 aliphatic rings. The van der Waals surface area contributed by atoms with Gasteiger partial charge in [0.2, 0.25) is 0 Å². The van der Waals surface area contributed by atoms with Crippen LogP contribution in [0.25, 0.3) is 0 Å². The molecule has 1 saturated carbocycles. The van der Waals surface area contributed by atoms with E-state index in [1.54, 1.807) is 6.21 Å². The van der Waals surface area contributed by atoms with Crippen molar-refractivity contribution in [1.82, 2.24) is 0 Å². The molecule has 0 spiro atoms. The van der Waals surface area contributed by atoms with E-state index in [9.17, 15) is 14.7 Å². The number of carbonyl (C=O) groups excluding carboxylic acids is 2. The normalized spacial score (nSPS) is 17.7. The average Bonchev–Trinajstić information content (AvgIpc) is 2.45. The van der Waals surface area contributed by atoms with Gasteiger partial charge in [0.1, 0.15) is 5.76 Å². The molecular weight excluding hydrogens is 290 g/mol. The maximum absolute atomic E-state index is 12.1. The van der Waals surface area contributed by atoms with Crippen molar-refractivity contribution in [3.05, 3.63) is 47.2 Å². The fourth-order valence-electron chi connectivity index (χ4n) is 2.77. The van der Waals surface area contributed by atoms with Crippen molar-refractivity contribution in [2.45, 2.75) is 39.5 Å². The van der Waals surface area contributed by atoms with E-state index < -0.39 is 0 Å². The van der Waals surface area contributed by atoms with Crippen LogP contribution in [0.4, 0.5) is 0 Å². The number of rotatable bonds is 5. The molecule has 0 aliphatic heterocycles. The quantitative estimate of drug-likeness (QED) is 0.392. The lowest BCUT2D eigenvalue weighted by molar-refractivity contribution is -0.127. The van der Waals surface area contributed by atoms with E-state index >= 15 is 0 Å². The van der Waals surface area contributed by atoms with E-state index in [2.05, 4.69) is 4.99 Å². The number of aliphatic hydroxyl groups excluding tert-OH is 1. The molecule has 0 bridgehead atoms. The van der Waals surface area contributed by atoms with Gasteiger partial charge >= 0.3 is 0 Å². The number of Topliss-reactive ketones (excluding diaryl/α,β-unsaturated/α-hetero) is 2. The van der Waals surface area contributed by atoms with Gasteiger partial charge in [0.15, 0.2) is 11.6 Å². The second-order valence-electron chi connectivity index (χ2n) is 6.71. The van der Waals surface area contributed by atoms with Crippen molar-refractivity contribution < 1.29 is 14.7 Å². The van der Waals surface area contributed by atoms with Crippen molar-refractivity contribution in [3.63, 3.8) is 0 Å². The molecule has 1 aliphatic carbocycles. The summed E-state index contributed by atoms with van der Waals surface area (Å²) < 4.78 is 0. The van der Waals surface area contributed by atoms with Gasteiger partial charge in [0.05, 0.1) is 5.57 Å². The van der Waals surface area contributed by atoms with Crippen LogP contribution in [0.1, 0.15) is 38.7 Å². The number of hydrogen-bond acceptors (Lipinski definition) is 4. The molecule has 0 radical (unpaired) electrons. The van der Waals surface area contributed by atoms with Gasteiger partial charge in [0.25, 0.3) is 0 Å². The zero-order valence-electron chi connectivity index (χ0n) is 13.7. The molecule has 4 nitrogen and oxygen atoms in total. The third-order valence-electron chi connectivity index (χ3n) is 3.91. The number of carbonyl (C=O) groups is 2. The van der Waals surface area contributed by atoms with Crippen molar-refractivity contribution in [1.29, 1.82) is 0 Å². The fraction of sp³-hybridized carbons (Fsp3) is 0.421. The number of allylic oxidation sites excluding steroid dienone is 2. The third-order valence-corrected chi connectivity index (χ3v) is 3.91. The Morgan fingerprint density at radius 1 is 1.17 bits per heavy atom. The summed E-state index contributed by atoms with van der Waals surface area (Å²) >= 11 is 0. The van der Waals surface area contributed by atoms with Crippen LogP contribution in [0, 0.1) is 5.41 Å². The molecule has 0 saturated heterocycles. The Morgan fingerprint density at radius 2 is 1.78 bits per heavy atom. The monoisotopic (exact) mass is 313 g/mol. The number of benzene rings is 1.